The third-order valence-electron chi connectivity index (χ3n) is 3.16. The van der Waals surface area contributed by atoms with E-state index in [0.717, 1.165) is 15.7 Å². The Morgan fingerprint density at radius 1 is 1.42 bits per heavy atom. The van der Waals surface area contributed by atoms with Crippen molar-refractivity contribution < 1.29 is 15.0 Å². The zero-order chi connectivity index (χ0) is 14.0. The molecule has 0 aromatic heterocycles. The second-order valence-electron chi connectivity index (χ2n) is 4.84. The molecule has 19 heavy (non-hydrogen) atoms. The number of carbonyl (C=O) groups is 1. The van der Waals surface area contributed by atoms with Crippen molar-refractivity contribution in [3.8, 4) is 0 Å². The average Bonchev–Trinajstić information content (AvgIpc) is 2.62. The van der Waals surface area contributed by atoms with Gasteiger partial charge in [0.15, 0.2) is 0 Å². The molecule has 1 heterocycles. The quantitative estimate of drug-likeness (QED) is 0.765. The number of nitrogens with zero attached hydrogens (tertiary/aromatic N) is 1. The number of aryl methyl sites for hydroxylation is 1. The maximum Gasteiger partial charge on any atom is 0.238 e. The summed E-state index contributed by atoms with van der Waals surface area (Å²) in [4.78, 5) is 13.6. The third-order valence-corrected chi connectivity index (χ3v) is 3.66. The van der Waals surface area contributed by atoms with Crippen LogP contribution in [-0.2, 0) is 4.79 Å². The minimum Gasteiger partial charge on any atom is -0.389 e. The zero-order valence-corrected chi connectivity index (χ0v) is 12.2. The van der Waals surface area contributed by atoms with Crippen molar-refractivity contribution in [2.75, 3.05) is 25.0 Å². The summed E-state index contributed by atoms with van der Waals surface area (Å²) < 4.78 is 0.966. The molecular weight excluding hydrogens is 312 g/mol. The van der Waals surface area contributed by atoms with Crippen LogP contribution < -0.4 is 5.32 Å². The first-order valence-corrected chi connectivity index (χ1v) is 6.89. The summed E-state index contributed by atoms with van der Waals surface area (Å²) >= 11 is 3.37. The number of hydrogen-bond acceptors (Lipinski definition) is 4. The fourth-order valence-corrected chi connectivity index (χ4v) is 2.61. The number of anilines is 1. The summed E-state index contributed by atoms with van der Waals surface area (Å²) in [5, 5.41) is 21.7. The lowest BCUT2D eigenvalue weighted by Gasteiger charge is -2.15. The Morgan fingerprint density at radius 3 is 2.63 bits per heavy atom. The van der Waals surface area contributed by atoms with Crippen molar-refractivity contribution in [2.45, 2.75) is 19.1 Å². The van der Waals surface area contributed by atoms with Gasteiger partial charge in [0, 0.05) is 23.2 Å². The molecule has 1 aromatic rings. The first-order valence-electron chi connectivity index (χ1n) is 6.10. The molecule has 2 atom stereocenters. The number of halogens is 1. The van der Waals surface area contributed by atoms with E-state index in [2.05, 4.69) is 21.2 Å². The van der Waals surface area contributed by atoms with Crippen molar-refractivity contribution in [2.24, 2.45) is 0 Å². The lowest BCUT2D eigenvalue weighted by Crippen LogP contribution is -2.32. The average molecular weight is 329 g/mol. The molecule has 3 N–H and O–H groups in total. The Labute approximate surface area is 120 Å². The van der Waals surface area contributed by atoms with Crippen LogP contribution >= 0.6 is 15.9 Å². The van der Waals surface area contributed by atoms with Crippen molar-refractivity contribution in [3.63, 3.8) is 0 Å². The molecule has 0 aliphatic carbocycles. The summed E-state index contributed by atoms with van der Waals surface area (Å²) in [6.45, 7) is 2.75. The molecule has 1 fully saturated rings. The van der Waals surface area contributed by atoms with Crippen LogP contribution in [0.3, 0.4) is 0 Å². The topological polar surface area (TPSA) is 72.8 Å². The third kappa shape index (κ3) is 3.76. The molecule has 0 spiro atoms. The Morgan fingerprint density at radius 2 is 2.05 bits per heavy atom. The van der Waals surface area contributed by atoms with Crippen LogP contribution in [0.2, 0.25) is 0 Å². The second-order valence-corrected chi connectivity index (χ2v) is 5.75. The Hall–Kier alpha value is -0.950. The van der Waals surface area contributed by atoms with Crippen LogP contribution in [0.5, 0.6) is 0 Å². The highest BCUT2D eigenvalue weighted by Crippen LogP contribution is 2.20. The fourth-order valence-electron chi connectivity index (χ4n) is 2.14. The molecular formula is C13H17BrN2O3. The van der Waals surface area contributed by atoms with E-state index >= 15 is 0 Å². The van der Waals surface area contributed by atoms with E-state index < -0.39 is 12.2 Å². The maximum atomic E-state index is 11.9. The van der Waals surface area contributed by atoms with Gasteiger partial charge in [0.2, 0.25) is 5.91 Å². The SMILES string of the molecule is Cc1cc(Br)ccc1NC(=O)CN1CC(O)C(O)C1. The Bertz CT molecular complexity index is 471. The van der Waals surface area contributed by atoms with Gasteiger partial charge in [0.25, 0.3) is 0 Å². The number of carbonyl (C=O) groups excluding carboxylic acids is 1. The maximum absolute atomic E-state index is 11.9. The van der Waals surface area contributed by atoms with Gasteiger partial charge in [-0.15, -0.1) is 0 Å². The highest BCUT2D eigenvalue weighted by Gasteiger charge is 2.30. The van der Waals surface area contributed by atoms with Gasteiger partial charge in [-0.2, -0.15) is 0 Å². The van der Waals surface area contributed by atoms with E-state index in [-0.39, 0.29) is 12.5 Å². The molecule has 1 saturated heterocycles. The number of likely N-dealkylation sites (tertiary alicyclic amines) is 1. The molecule has 0 saturated carbocycles. The molecule has 104 valence electrons. The van der Waals surface area contributed by atoms with Gasteiger partial charge in [0.1, 0.15) is 0 Å². The van der Waals surface area contributed by atoms with E-state index in [9.17, 15) is 15.0 Å². The minimum absolute atomic E-state index is 0.147. The van der Waals surface area contributed by atoms with Gasteiger partial charge < -0.3 is 15.5 Å². The van der Waals surface area contributed by atoms with Crippen LogP contribution in [0.15, 0.2) is 22.7 Å². The fraction of sp³-hybridized carbons (Fsp3) is 0.462. The van der Waals surface area contributed by atoms with Gasteiger partial charge in [-0.3, -0.25) is 9.69 Å². The summed E-state index contributed by atoms with van der Waals surface area (Å²) in [6.07, 6.45) is -1.52. The van der Waals surface area contributed by atoms with Crippen molar-refractivity contribution in [1.82, 2.24) is 4.90 Å². The van der Waals surface area contributed by atoms with Gasteiger partial charge in [0.05, 0.1) is 18.8 Å². The molecule has 2 rings (SSSR count). The van der Waals surface area contributed by atoms with E-state index in [1.807, 2.05) is 25.1 Å². The van der Waals surface area contributed by atoms with Gasteiger partial charge >= 0.3 is 0 Å². The normalized spacial score (nSPS) is 23.6. The first kappa shape index (κ1) is 14.5. The summed E-state index contributed by atoms with van der Waals surface area (Å²) in [6, 6.07) is 5.63. The van der Waals surface area contributed by atoms with Crippen LogP contribution in [0, 0.1) is 6.92 Å². The molecule has 1 amide bonds. The Kier molecular flexibility index (Phi) is 4.57. The smallest absolute Gasteiger partial charge is 0.238 e. The number of hydrogen-bond donors (Lipinski definition) is 3. The second kappa shape index (κ2) is 6.00. The highest BCUT2D eigenvalue weighted by atomic mass is 79.9. The van der Waals surface area contributed by atoms with Crippen molar-refractivity contribution >= 4 is 27.5 Å². The van der Waals surface area contributed by atoms with Crippen molar-refractivity contribution in [1.29, 1.82) is 0 Å². The van der Waals surface area contributed by atoms with Crippen LogP contribution in [0.1, 0.15) is 5.56 Å². The van der Waals surface area contributed by atoms with Crippen LogP contribution in [0.4, 0.5) is 5.69 Å². The number of rotatable bonds is 3. The number of amides is 1. The van der Waals surface area contributed by atoms with Crippen LogP contribution in [-0.4, -0.2) is 52.9 Å². The van der Waals surface area contributed by atoms with Crippen molar-refractivity contribution in [3.05, 3.63) is 28.2 Å². The largest absolute Gasteiger partial charge is 0.389 e. The lowest BCUT2D eigenvalue weighted by molar-refractivity contribution is -0.117. The van der Waals surface area contributed by atoms with E-state index in [1.54, 1.807) is 4.90 Å². The number of benzene rings is 1. The van der Waals surface area contributed by atoms with Crippen LogP contribution in [0.25, 0.3) is 0 Å². The van der Waals surface area contributed by atoms with E-state index in [1.165, 1.54) is 0 Å². The highest BCUT2D eigenvalue weighted by molar-refractivity contribution is 9.10. The molecule has 0 radical (unpaired) electrons. The predicted octanol–water partition coefficient (Wildman–Crippen LogP) is 0.733. The molecule has 2 unspecified atom stereocenters. The van der Waals surface area contributed by atoms with Gasteiger partial charge in [-0.1, -0.05) is 15.9 Å². The summed E-state index contributed by atoms with van der Waals surface area (Å²) in [5.74, 6) is -0.147. The predicted molar refractivity (Wildman–Crippen MR) is 76.0 cm³/mol. The minimum atomic E-state index is -0.762. The molecule has 1 aromatic carbocycles. The monoisotopic (exact) mass is 328 g/mol. The van der Waals surface area contributed by atoms with Gasteiger partial charge in [-0.05, 0) is 30.7 Å². The lowest BCUT2D eigenvalue weighted by atomic mass is 10.2. The number of β-amino-alcohol motifs (C(OH)–C–C–N with tert-alkyl or cyclic N) is 2. The zero-order valence-electron chi connectivity index (χ0n) is 10.6. The molecule has 0 bridgehead atoms. The summed E-state index contributed by atoms with van der Waals surface area (Å²) in [5.41, 5.74) is 1.75. The number of aliphatic hydroxyl groups is 2. The van der Waals surface area contributed by atoms with E-state index in [4.69, 9.17) is 0 Å². The number of nitrogens with one attached hydrogen (secondary N) is 1. The first-order chi connectivity index (χ1) is 8.95. The van der Waals surface area contributed by atoms with Gasteiger partial charge in [-0.25, -0.2) is 0 Å². The standard InChI is InChI=1S/C13H17BrN2O3/c1-8-4-9(14)2-3-10(8)15-13(19)7-16-5-11(17)12(18)6-16/h2-4,11-12,17-18H,5-7H2,1H3,(H,15,19). The number of aliphatic hydroxyl groups excluding tert-OH is 2. The molecule has 1 aliphatic heterocycles. The Balaban J connectivity index is 1.91. The molecule has 1 aliphatic rings. The molecule has 6 heteroatoms. The van der Waals surface area contributed by atoms with E-state index in [0.29, 0.717) is 13.1 Å². The molecule has 5 nitrogen and oxygen atoms in total. The summed E-state index contributed by atoms with van der Waals surface area (Å²) in [7, 11) is 0.